The number of hydrogen-bond acceptors (Lipinski definition) is 5. The third-order valence-electron chi connectivity index (χ3n) is 7.24. The van der Waals surface area contributed by atoms with Crippen molar-refractivity contribution in [1.82, 2.24) is 4.90 Å². The lowest BCUT2D eigenvalue weighted by atomic mass is 9.76. The second-order valence-corrected chi connectivity index (χ2v) is 8.89. The van der Waals surface area contributed by atoms with Gasteiger partial charge in [0.1, 0.15) is 5.82 Å². The van der Waals surface area contributed by atoms with Gasteiger partial charge in [-0.05, 0) is 37.6 Å². The van der Waals surface area contributed by atoms with E-state index in [0.717, 1.165) is 17.4 Å². The molecule has 3 heterocycles. The van der Waals surface area contributed by atoms with E-state index in [1.807, 2.05) is 0 Å². The van der Waals surface area contributed by atoms with Crippen LogP contribution >= 0.6 is 11.6 Å². The van der Waals surface area contributed by atoms with Gasteiger partial charge in [-0.25, -0.2) is 9.29 Å². The Hall–Kier alpha value is -2.90. The number of Topliss-reactive ketones (excluding diaryl/α,β-unsaturated/α-hetero) is 2. The smallest absolute Gasteiger partial charge is 0.240 e. The standard InChI is InChI=1S/C23H16ClFN2O4/c24-14-10-11(7-8-15(14)25)27-21(30)17-16-6-3-9-26(16)23(18(17)22(27)31)19(28)12-4-1-2-5-13(12)20(23)29/h1-2,4-5,7-8,10,16-18H,3,6,9H2/t16-,17+,18-/m0/s1. The summed E-state index contributed by atoms with van der Waals surface area (Å²) in [5, 5.41) is -0.215. The highest BCUT2D eigenvalue weighted by Gasteiger charge is 2.76. The van der Waals surface area contributed by atoms with E-state index in [1.54, 1.807) is 29.2 Å². The average molecular weight is 439 g/mol. The summed E-state index contributed by atoms with van der Waals surface area (Å²) in [6.07, 6.45) is 1.35. The third kappa shape index (κ3) is 2.06. The first-order chi connectivity index (χ1) is 14.9. The fourth-order valence-corrected chi connectivity index (χ4v) is 6.29. The summed E-state index contributed by atoms with van der Waals surface area (Å²) >= 11 is 5.88. The van der Waals surface area contributed by atoms with Crippen molar-refractivity contribution >= 4 is 40.7 Å². The third-order valence-corrected chi connectivity index (χ3v) is 7.53. The Morgan fingerprint density at radius 2 is 1.65 bits per heavy atom. The van der Waals surface area contributed by atoms with E-state index in [1.165, 1.54) is 12.1 Å². The van der Waals surface area contributed by atoms with Crippen molar-refractivity contribution in [3.8, 4) is 0 Å². The molecule has 6 rings (SSSR count). The zero-order valence-corrected chi connectivity index (χ0v) is 16.9. The van der Waals surface area contributed by atoms with Crippen LogP contribution in [0.15, 0.2) is 42.5 Å². The number of imide groups is 1. The van der Waals surface area contributed by atoms with Gasteiger partial charge in [-0.3, -0.25) is 24.1 Å². The van der Waals surface area contributed by atoms with Crippen LogP contribution in [0.1, 0.15) is 33.6 Å². The molecule has 0 saturated carbocycles. The van der Waals surface area contributed by atoms with E-state index in [4.69, 9.17) is 11.6 Å². The van der Waals surface area contributed by atoms with E-state index >= 15 is 0 Å². The van der Waals surface area contributed by atoms with Crippen molar-refractivity contribution in [1.29, 1.82) is 0 Å². The Labute approximate surface area is 181 Å². The molecule has 156 valence electrons. The largest absolute Gasteiger partial charge is 0.291 e. The number of anilines is 1. The van der Waals surface area contributed by atoms with Crippen molar-refractivity contribution < 1.29 is 23.6 Å². The molecule has 4 aliphatic rings. The maximum absolute atomic E-state index is 13.7. The molecule has 3 aliphatic heterocycles. The van der Waals surface area contributed by atoms with E-state index in [0.29, 0.717) is 24.1 Å². The van der Waals surface area contributed by atoms with Crippen LogP contribution in [0, 0.1) is 17.7 Å². The predicted octanol–water partition coefficient (Wildman–Crippen LogP) is 2.88. The number of nitrogens with zero attached hydrogens (tertiary/aromatic N) is 2. The quantitative estimate of drug-likeness (QED) is 0.505. The monoisotopic (exact) mass is 438 g/mol. The first kappa shape index (κ1) is 18.8. The molecule has 31 heavy (non-hydrogen) atoms. The lowest BCUT2D eigenvalue weighted by molar-refractivity contribution is -0.124. The number of amides is 2. The highest BCUT2D eigenvalue weighted by Crippen LogP contribution is 2.57. The van der Waals surface area contributed by atoms with Gasteiger partial charge in [0.2, 0.25) is 11.8 Å². The molecule has 0 aromatic heterocycles. The lowest BCUT2D eigenvalue weighted by Gasteiger charge is -2.35. The van der Waals surface area contributed by atoms with Crippen LogP contribution in [0.3, 0.4) is 0 Å². The molecule has 6 nitrogen and oxygen atoms in total. The highest BCUT2D eigenvalue weighted by atomic mass is 35.5. The maximum Gasteiger partial charge on any atom is 0.240 e. The molecule has 1 spiro atoms. The molecule has 1 aliphatic carbocycles. The average Bonchev–Trinajstić information content (AvgIpc) is 3.45. The second-order valence-electron chi connectivity index (χ2n) is 8.49. The summed E-state index contributed by atoms with van der Waals surface area (Å²) in [5.41, 5.74) is -0.962. The minimum atomic E-state index is -1.69. The minimum absolute atomic E-state index is 0.144. The molecule has 3 fully saturated rings. The van der Waals surface area contributed by atoms with E-state index < -0.39 is 46.6 Å². The molecule has 0 N–H and O–H groups in total. The number of ketones is 2. The maximum atomic E-state index is 13.7. The van der Waals surface area contributed by atoms with Gasteiger partial charge >= 0.3 is 0 Å². The van der Waals surface area contributed by atoms with Crippen LogP contribution in [0.25, 0.3) is 0 Å². The van der Waals surface area contributed by atoms with Crippen LogP contribution in [-0.4, -0.2) is 46.4 Å². The number of rotatable bonds is 1. The van der Waals surface area contributed by atoms with Crippen LogP contribution < -0.4 is 4.90 Å². The number of benzene rings is 2. The summed E-state index contributed by atoms with van der Waals surface area (Å²) < 4.78 is 13.7. The van der Waals surface area contributed by atoms with Crippen molar-refractivity contribution in [3.05, 3.63) is 64.4 Å². The Bertz CT molecular complexity index is 1190. The Balaban J connectivity index is 1.54. The topological polar surface area (TPSA) is 74.8 Å². The highest BCUT2D eigenvalue weighted by molar-refractivity contribution is 6.38. The zero-order valence-electron chi connectivity index (χ0n) is 16.2. The molecular formula is C23H16ClFN2O4. The second kappa shape index (κ2) is 6.08. The number of hydrogen-bond donors (Lipinski definition) is 0. The van der Waals surface area contributed by atoms with E-state index in [-0.39, 0.29) is 16.8 Å². The van der Waals surface area contributed by atoms with Gasteiger partial charge in [-0.2, -0.15) is 0 Å². The van der Waals surface area contributed by atoms with Crippen LogP contribution in [0.5, 0.6) is 0 Å². The van der Waals surface area contributed by atoms with E-state index in [9.17, 15) is 23.6 Å². The van der Waals surface area contributed by atoms with Gasteiger partial charge in [0.05, 0.1) is 22.5 Å². The normalized spacial score (nSPS) is 28.6. The lowest BCUT2D eigenvalue weighted by Crippen LogP contribution is -2.59. The molecule has 3 atom stereocenters. The summed E-state index contributed by atoms with van der Waals surface area (Å²) in [5.74, 6) is -4.48. The number of carbonyl (C=O) groups is 4. The molecule has 0 bridgehead atoms. The van der Waals surface area contributed by atoms with Gasteiger partial charge < -0.3 is 0 Å². The molecule has 0 unspecified atom stereocenters. The van der Waals surface area contributed by atoms with Gasteiger partial charge in [0.15, 0.2) is 17.1 Å². The molecule has 2 aromatic rings. The number of fused-ring (bicyclic) bond motifs is 6. The Kier molecular flexibility index (Phi) is 3.69. The number of carbonyl (C=O) groups excluding carboxylic acids is 4. The Morgan fingerprint density at radius 3 is 2.29 bits per heavy atom. The van der Waals surface area contributed by atoms with Crippen molar-refractivity contribution in [3.63, 3.8) is 0 Å². The molecule has 2 aromatic carbocycles. The van der Waals surface area contributed by atoms with Crippen LogP contribution in [-0.2, 0) is 9.59 Å². The summed E-state index contributed by atoms with van der Waals surface area (Å²) in [6.45, 7) is 0.478. The summed E-state index contributed by atoms with van der Waals surface area (Å²) in [4.78, 5) is 57.3. The van der Waals surface area contributed by atoms with Gasteiger partial charge in [0.25, 0.3) is 0 Å². The van der Waals surface area contributed by atoms with Crippen molar-refractivity contribution in [2.45, 2.75) is 24.4 Å². The van der Waals surface area contributed by atoms with Crippen molar-refractivity contribution in [2.24, 2.45) is 11.8 Å². The summed E-state index contributed by atoms with van der Waals surface area (Å²) in [6, 6.07) is 9.82. The molecule has 0 radical (unpaired) electrons. The minimum Gasteiger partial charge on any atom is -0.291 e. The zero-order chi connectivity index (χ0) is 21.7. The molecule has 2 amide bonds. The van der Waals surface area contributed by atoms with Gasteiger partial charge in [-0.15, -0.1) is 0 Å². The van der Waals surface area contributed by atoms with E-state index in [2.05, 4.69) is 0 Å². The SMILES string of the molecule is O=C1[C@H]2[C@@H](C(=O)N1c1ccc(F)c(Cl)c1)C1(C(=O)c3ccccc3C1=O)N1CCC[C@@H]21. The Morgan fingerprint density at radius 1 is 0.968 bits per heavy atom. The van der Waals surface area contributed by atoms with Gasteiger partial charge in [-0.1, -0.05) is 35.9 Å². The van der Waals surface area contributed by atoms with Crippen molar-refractivity contribution in [2.75, 3.05) is 11.4 Å². The molecule has 8 heteroatoms. The number of halogens is 2. The first-order valence-electron chi connectivity index (χ1n) is 10.2. The summed E-state index contributed by atoms with van der Waals surface area (Å²) in [7, 11) is 0. The first-order valence-corrected chi connectivity index (χ1v) is 10.5. The van der Waals surface area contributed by atoms with Gasteiger partial charge in [0, 0.05) is 17.2 Å². The molecular weight excluding hydrogens is 423 g/mol. The predicted molar refractivity (Wildman–Crippen MR) is 108 cm³/mol. The molecule has 3 saturated heterocycles. The fourth-order valence-electron chi connectivity index (χ4n) is 6.12. The fraction of sp³-hybridized carbons (Fsp3) is 0.304. The van der Waals surface area contributed by atoms with Crippen LogP contribution in [0.4, 0.5) is 10.1 Å². The van der Waals surface area contributed by atoms with Crippen LogP contribution in [0.2, 0.25) is 5.02 Å².